The van der Waals surface area contributed by atoms with Crippen molar-refractivity contribution in [1.29, 1.82) is 0 Å². The van der Waals surface area contributed by atoms with Crippen LogP contribution < -0.4 is 5.32 Å². The van der Waals surface area contributed by atoms with Gasteiger partial charge in [-0.15, -0.1) is 0 Å². The van der Waals surface area contributed by atoms with Crippen molar-refractivity contribution in [3.63, 3.8) is 0 Å². The van der Waals surface area contributed by atoms with Crippen LogP contribution in [0.4, 0.5) is 23.5 Å². The van der Waals surface area contributed by atoms with E-state index in [1.807, 2.05) is 18.2 Å². The van der Waals surface area contributed by atoms with Gasteiger partial charge in [-0.2, -0.15) is 13.2 Å². The molecule has 0 bridgehead atoms. The summed E-state index contributed by atoms with van der Waals surface area (Å²) in [4.78, 5) is 12.9. The van der Waals surface area contributed by atoms with Crippen molar-refractivity contribution in [2.24, 2.45) is 0 Å². The lowest BCUT2D eigenvalue weighted by molar-refractivity contribution is -0.162. The first-order valence-corrected chi connectivity index (χ1v) is 10.8. The van der Waals surface area contributed by atoms with Gasteiger partial charge in [-0.25, -0.2) is 19.3 Å². The molecule has 176 valence electrons. The van der Waals surface area contributed by atoms with Crippen LogP contribution in [-0.4, -0.2) is 32.2 Å². The lowest BCUT2D eigenvalue weighted by Crippen LogP contribution is -2.24. The number of anilines is 1. The summed E-state index contributed by atoms with van der Waals surface area (Å²) < 4.78 is 55.2. The SMILES string of the molecule is CC(n1cnc(-c2ccc(F)cc2)c1-c1ccnc(NCCCc2ccccc2)n1)C(F)(F)F. The topological polar surface area (TPSA) is 55.6 Å². The summed E-state index contributed by atoms with van der Waals surface area (Å²) >= 11 is 0. The quantitative estimate of drug-likeness (QED) is 0.243. The number of rotatable bonds is 8. The molecular formula is C25H23F4N5. The van der Waals surface area contributed by atoms with Gasteiger partial charge in [-0.1, -0.05) is 30.3 Å². The van der Waals surface area contributed by atoms with Gasteiger partial charge in [0.25, 0.3) is 0 Å². The molecule has 2 heterocycles. The number of halogens is 4. The number of hydrogen-bond donors (Lipinski definition) is 1. The Morgan fingerprint density at radius 1 is 0.971 bits per heavy atom. The van der Waals surface area contributed by atoms with Crippen molar-refractivity contribution in [3.8, 4) is 22.6 Å². The van der Waals surface area contributed by atoms with Gasteiger partial charge in [0.2, 0.25) is 5.95 Å². The van der Waals surface area contributed by atoms with Gasteiger partial charge in [0.1, 0.15) is 11.9 Å². The first-order chi connectivity index (χ1) is 16.3. The Balaban J connectivity index is 1.61. The molecule has 1 N–H and O–H groups in total. The minimum absolute atomic E-state index is 0.186. The Hall–Kier alpha value is -3.75. The highest BCUT2D eigenvalue weighted by molar-refractivity contribution is 5.77. The summed E-state index contributed by atoms with van der Waals surface area (Å²) in [6.45, 7) is 1.66. The Morgan fingerprint density at radius 2 is 1.71 bits per heavy atom. The molecule has 4 aromatic rings. The van der Waals surface area contributed by atoms with E-state index in [4.69, 9.17) is 0 Å². The van der Waals surface area contributed by atoms with Crippen LogP contribution in [-0.2, 0) is 6.42 Å². The molecule has 0 aliphatic carbocycles. The van der Waals surface area contributed by atoms with E-state index in [1.54, 1.807) is 6.07 Å². The van der Waals surface area contributed by atoms with Gasteiger partial charge in [-0.05, 0) is 55.7 Å². The first kappa shape index (κ1) is 23.4. The fourth-order valence-corrected chi connectivity index (χ4v) is 3.60. The van der Waals surface area contributed by atoms with Crippen molar-refractivity contribution in [1.82, 2.24) is 19.5 Å². The van der Waals surface area contributed by atoms with E-state index in [9.17, 15) is 17.6 Å². The van der Waals surface area contributed by atoms with Crippen LogP contribution in [0.5, 0.6) is 0 Å². The van der Waals surface area contributed by atoms with Crippen molar-refractivity contribution in [2.75, 3.05) is 11.9 Å². The van der Waals surface area contributed by atoms with Crippen LogP contribution in [0.2, 0.25) is 0 Å². The van der Waals surface area contributed by atoms with Crippen molar-refractivity contribution < 1.29 is 17.6 Å². The highest BCUT2D eigenvalue weighted by Gasteiger charge is 2.39. The summed E-state index contributed by atoms with van der Waals surface area (Å²) in [5, 5.41) is 3.14. The van der Waals surface area contributed by atoms with E-state index >= 15 is 0 Å². The number of imidazole rings is 1. The predicted molar refractivity (Wildman–Crippen MR) is 123 cm³/mol. The number of nitrogens with one attached hydrogen (secondary N) is 1. The van der Waals surface area contributed by atoms with Gasteiger partial charge in [0.05, 0.1) is 23.4 Å². The maximum Gasteiger partial charge on any atom is 0.408 e. The number of benzene rings is 2. The second kappa shape index (κ2) is 10.0. The van der Waals surface area contributed by atoms with Gasteiger partial charge >= 0.3 is 6.18 Å². The molecule has 5 nitrogen and oxygen atoms in total. The molecule has 0 saturated heterocycles. The molecule has 1 atom stereocenters. The minimum atomic E-state index is -4.49. The molecular weight excluding hydrogens is 446 g/mol. The third-order valence-electron chi connectivity index (χ3n) is 5.47. The van der Waals surface area contributed by atoms with Crippen LogP contribution >= 0.6 is 0 Å². The zero-order chi connectivity index (χ0) is 24.1. The van der Waals surface area contributed by atoms with E-state index in [2.05, 4.69) is 32.4 Å². The molecule has 0 aliphatic heterocycles. The van der Waals surface area contributed by atoms with Gasteiger partial charge in [0.15, 0.2) is 0 Å². The van der Waals surface area contributed by atoms with Gasteiger partial charge in [0, 0.05) is 18.3 Å². The van der Waals surface area contributed by atoms with Crippen LogP contribution in [0.15, 0.2) is 73.2 Å². The third-order valence-corrected chi connectivity index (χ3v) is 5.47. The average Bonchev–Trinajstić information content (AvgIpc) is 3.27. The zero-order valence-corrected chi connectivity index (χ0v) is 18.4. The van der Waals surface area contributed by atoms with Crippen LogP contribution in [0, 0.1) is 5.82 Å². The smallest absolute Gasteiger partial charge is 0.354 e. The zero-order valence-electron chi connectivity index (χ0n) is 18.4. The number of aromatic nitrogens is 4. The van der Waals surface area contributed by atoms with E-state index in [0.717, 1.165) is 30.7 Å². The fourth-order valence-electron chi connectivity index (χ4n) is 3.60. The fraction of sp³-hybridized carbons (Fsp3) is 0.240. The standard InChI is InChI=1S/C25H23F4N5/c1-17(25(27,28)29)34-16-32-22(19-9-11-20(26)12-10-19)23(34)21-13-15-31-24(33-21)30-14-5-8-18-6-3-2-4-7-18/h2-4,6-7,9-13,15-17H,5,8,14H2,1H3,(H,30,31,33). The summed E-state index contributed by atoms with van der Waals surface area (Å²) in [7, 11) is 0. The van der Waals surface area contributed by atoms with E-state index in [1.165, 1.54) is 36.0 Å². The van der Waals surface area contributed by atoms with Crippen molar-refractivity contribution in [3.05, 3.63) is 84.6 Å². The summed E-state index contributed by atoms with van der Waals surface area (Å²) in [5.74, 6) is -0.138. The molecule has 0 amide bonds. The summed E-state index contributed by atoms with van der Waals surface area (Å²) in [6, 6.07) is 15.2. The molecule has 0 aliphatic rings. The molecule has 34 heavy (non-hydrogen) atoms. The number of hydrogen-bond acceptors (Lipinski definition) is 4. The minimum Gasteiger partial charge on any atom is -0.354 e. The molecule has 0 radical (unpaired) electrons. The molecule has 2 aromatic heterocycles. The second-order valence-electron chi connectivity index (χ2n) is 7.85. The number of aryl methyl sites for hydroxylation is 1. The Labute approximate surface area is 194 Å². The molecule has 0 saturated carbocycles. The first-order valence-electron chi connectivity index (χ1n) is 10.8. The molecule has 0 fully saturated rings. The van der Waals surface area contributed by atoms with Gasteiger partial charge < -0.3 is 9.88 Å². The molecule has 1 unspecified atom stereocenters. The largest absolute Gasteiger partial charge is 0.408 e. The third kappa shape index (κ3) is 5.41. The normalized spacial score (nSPS) is 12.5. The van der Waals surface area contributed by atoms with Crippen LogP contribution in [0.25, 0.3) is 22.6 Å². The van der Waals surface area contributed by atoms with Crippen molar-refractivity contribution in [2.45, 2.75) is 32.0 Å². The maximum absolute atomic E-state index is 13.6. The Bertz CT molecular complexity index is 1220. The second-order valence-corrected chi connectivity index (χ2v) is 7.85. The predicted octanol–water partition coefficient (Wildman–Crippen LogP) is 6.31. The Morgan fingerprint density at radius 3 is 2.41 bits per heavy atom. The lowest BCUT2D eigenvalue weighted by atomic mass is 10.1. The van der Waals surface area contributed by atoms with Crippen molar-refractivity contribution >= 4 is 5.95 Å². The highest BCUT2D eigenvalue weighted by atomic mass is 19.4. The van der Waals surface area contributed by atoms with E-state index < -0.39 is 18.0 Å². The van der Waals surface area contributed by atoms with Gasteiger partial charge in [-0.3, -0.25) is 0 Å². The highest BCUT2D eigenvalue weighted by Crippen LogP contribution is 2.37. The summed E-state index contributed by atoms with van der Waals surface area (Å²) in [6.07, 6.45) is -0.145. The maximum atomic E-state index is 13.6. The van der Waals surface area contributed by atoms with E-state index in [-0.39, 0.29) is 17.1 Å². The lowest BCUT2D eigenvalue weighted by Gasteiger charge is -2.20. The monoisotopic (exact) mass is 469 g/mol. The van der Waals surface area contributed by atoms with E-state index in [0.29, 0.717) is 18.1 Å². The molecule has 2 aromatic carbocycles. The molecule has 4 rings (SSSR count). The number of alkyl halides is 3. The molecule has 9 heteroatoms. The molecule has 0 spiro atoms. The average molecular weight is 469 g/mol. The van der Waals surface area contributed by atoms with Crippen LogP contribution in [0.3, 0.4) is 0 Å². The summed E-state index contributed by atoms with van der Waals surface area (Å²) in [5.41, 5.74) is 2.46. The van der Waals surface area contributed by atoms with Crippen LogP contribution in [0.1, 0.15) is 24.9 Å². The Kier molecular flexibility index (Phi) is 6.90. The number of nitrogens with zero attached hydrogens (tertiary/aromatic N) is 4.